The van der Waals surface area contributed by atoms with Gasteiger partial charge >= 0.3 is 0 Å². The largest absolute Gasteiger partial charge is 0.380 e. The number of hydrogen-bond acceptors (Lipinski definition) is 4. The topological polar surface area (TPSA) is 38.8 Å². The highest BCUT2D eigenvalue weighted by molar-refractivity contribution is 5.48. The van der Waals surface area contributed by atoms with Gasteiger partial charge in [0.1, 0.15) is 6.29 Å². The summed E-state index contributed by atoms with van der Waals surface area (Å²) in [5, 5.41) is 0. The summed E-state index contributed by atoms with van der Waals surface area (Å²) >= 11 is 0. The van der Waals surface area contributed by atoms with Gasteiger partial charge in [-0.1, -0.05) is 6.42 Å². The Kier molecular flexibility index (Phi) is 9.89. The molecule has 0 aromatic carbocycles. The zero-order valence-electron chi connectivity index (χ0n) is 13.2. The van der Waals surface area contributed by atoms with Crippen LogP contribution in [0.1, 0.15) is 52.4 Å². The Hall–Kier alpha value is -0.450. The van der Waals surface area contributed by atoms with Crippen LogP contribution < -0.4 is 0 Å². The Morgan fingerprint density at radius 3 is 2.75 bits per heavy atom. The lowest BCUT2D eigenvalue weighted by Crippen LogP contribution is -2.47. The number of ether oxygens (including phenoxy) is 2. The van der Waals surface area contributed by atoms with Crippen LogP contribution in [-0.2, 0) is 14.3 Å². The number of aldehydes is 1. The molecule has 1 saturated heterocycles. The number of nitrogens with zero attached hydrogens (tertiary/aromatic N) is 1. The highest BCUT2D eigenvalue weighted by Crippen LogP contribution is 2.21. The van der Waals surface area contributed by atoms with E-state index >= 15 is 0 Å². The summed E-state index contributed by atoms with van der Waals surface area (Å²) in [6.07, 6.45) is 7.68. The molecule has 0 saturated carbocycles. The first-order valence-electron chi connectivity index (χ1n) is 8.18. The van der Waals surface area contributed by atoms with Crippen molar-refractivity contribution in [3.05, 3.63) is 0 Å². The van der Waals surface area contributed by atoms with Crippen molar-refractivity contribution in [2.75, 3.05) is 32.9 Å². The van der Waals surface area contributed by atoms with Crippen LogP contribution in [0.15, 0.2) is 0 Å². The highest BCUT2D eigenvalue weighted by atomic mass is 16.5. The van der Waals surface area contributed by atoms with Crippen LogP contribution in [0.3, 0.4) is 0 Å². The van der Waals surface area contributed by atoms with E-state index in [2.05, 4.69) is 11.8 Å². The standard InChI is InChI=1S/C16H31NO3/c1-3-19-14-15-13-16(20-4-2)9-11-17(15)10-7-5-6-8-12-18/h12,15-16H,3-11,13-14H2,1-2H3/t15-,16+/m0/s1. The molecular formula is C16H31NO3. The molecule has 0 unspecified atom stereocenters. The molecule has 0 aliphatic carbocycles. The van der Waals surface area contributed by atoms with Gasteiger partial charge in [-0.25, -0.2) is 0 Å². The molecule has 0 aromatic rings. The zero-order valence-corrected chi connectivity index (χ0v) is 13.2. The van der Waals surface area contributed by atoms with Crippen LogP contribution in [0.5, 0.6) is 0 Å². The summed E-state index contributed by atoms with van der Waals surface area (Å²) < 4.78 is 11.4. The minimum Gasteiger partial charge on any atom is -0.380 e. The van der Waals surface area contributed by atoms with E-state index in [0.717, 1.165) is 64.9 Å². The van der Waals surface area contributed by atoms with E-state index in [1.807, 2.05) is 6.92 Å². The van der Waals surface area contributed by atoms with Crippen molar-refractivity contribution in [2.24, 2.45) is 0 Å². The van der Waals surface area contributed by atoms with Crippen molar-refractivity contribution in [3.8, 4) is 0 Å². The van der Waals surface area contributed by atoms with Gasteiger partial charge in [0.25, 0.3) is 0 Å². The van der Waals surface area contributed by atoms with E-state index in [9.17, 15) is 4.79 Å². The lowest BCUT2D eigenvalue weighted by Gasteiger charge is -2.39. The lowest BCUT2D eigenvalue weighted by molar-refractivity contribution is -0.107. The number of piperidine rings is 1. The highest BCUT2D eigenvalue weighted by Gasteiger charge is 2.28. The number of hydrogen-bond donors (Lipinski definition) is 0. The predicted octanol–water partition coefficient (Wildman–Crippen LogP) is 2.65. The number of carbonyl (C=O) groups excluding carboxylic acids is 1. The van der Waals surface area contributed by atoms with Gasteiger partial charge in [-0.2, -0.15) is 0 Å². The maximum absolute atomic E-state index is 10.3. The Bertz CT molecular complexity index is 248. The molecule has 1 heterocycles. The van der Waals surface area contributed by atoms with Gasteiger partial charge in [0, 0.05) is 32.2 Å². The van der Waals surface area contributed by atoms with Crippen LogP contribution in [0.2, 0.25) is 0 Å². The average Bonchev–Trinajstić information content (AvgIpc) is 2.46. The van der Waals surface area contributed by atoms with Crippen LogP contribution >= 0.6 is 0 Å². The molecule has 4 heteroatoms. The Morgan fingerprint density at radius 2 is 2.05 bits per heavy atom. The fourth-order valence-electron chi connectivity index (χ4n) is 2.89. The van der Waals surface area contributed by atoms with Gasteiger partial charge in [0.05, 0.1) is 12.7 Å². The summed E-state index contributed by atoms with van der Waals surface area (Å²) in [4.78, 5) is 12.8. The van der Waals surface area contributed by atoms with Gasteiger partial charge in [-0.3, -0.25) is 4.90 Å². The maximum Gasteiger partial charge on any atom is 0.119 e. The molecule has 118 valence electrons. The summed E-state index contributed by atoms with van der Waals surface area (Å²) in [5.41, 5.74) is 0. The smallest absolute Gasteiger partial charge is 0.119 e. The fourth-order valence-corrected chi connectivity index (χ4v) is 2.89. The maximum atomic E-state index is 10.3. The Labute approximate surface area is 123 Å². The summed E-state index contributed by atoms with van der Waals surface area (Å²) in [6, 6.07) is 0.492. The van der Waals surface area contributed by atoms with Crippen molar-refractivity contribution in [1.82, 2.24) is 4.90 Å². The molecule has 1 aliphatic rings. The minimum absolute atomic E-state index is 0.400. The molecule has 4 nitrogen and oxygen atoms in total. The SMILES string of the molecule is CCOC[C@@H]1C[C@H](OCC)CCN1CCCCCC=O. The third-order valence-corrected chi connectivity index (χ3v) is 3.97. The molecule has 0 bridgehead atoms. The molecule has 0 aromatic heterocycles. The third kappa shape index (κ3) is 6.82. The van der Waals surface area contributed by atoms with Crippen molar-refractivity contribution in [1.29, 1.82) is 0 Å². The number of likely N-dealkylation sites (tertiary alicyclic amines) is 1. The Balaban J connectivity index is 2.31. The zero-order chi connectivity index (χ0) is 14.6. The van der Waals surface area contributed by atoms with Crippen molar-refractivity contribution < 1.29 is 14.3 Å². The van der Waals surface area contributed by atoms with E-state index in [-0.39, 0.29) is 0 Å². The summed E-state index contributed by atoms with van der Waals surface area (Å²) in [7, 11) is 0. The third-order valence-electron chi connectivity index (χ3n) is 3.97. The predicted molar refractivity (Wildman–Crippen MR) is 81.0 cm³/mol. The second-order valence-electron chi connectivity index (χ2n) is 5.47. The molecule has 20 heavy (non-hydrogen) atoms. The van der Waals surface area contributed by atoms with Crippen LogP contribution in [0.4, 0.5) is 0 Å². The fraction of sp³-hybridized carbons (Fsp3) is 0.938. The summed E-state index contributed by atoms with van der Waals surface area (Å²) in [6.45, 7) is 8.74. The molecule has 0 spiro atoms. The van der Waals surface area contributed by atoms with Gasteiger partial charge < -0.3 is 14.3 Å². The van der Waals surface area contributed by atoms with Crippen molar-refractivity contribution in [2.45, 2.75) is 64.5 Å². The molecular weight excluding hydrogens is 254 g/mol. The van der Waals surface area contributed by atoms with Gasteiger partial charge in [-0.05, 0) is 46.1 Å². The lowest BCUT2D eigenvalue weighted by atomic mass is 9.99. The normalized spacial score (nSPS) is 23.9. The van der Waals surface area contributed by atoms with Crippen LogP contribution in [0, 0.1) is 0 Å². The van der Waals surface area contributed by atoms with Gasteiger partial charge in [0.2, 0.25) is 0 Å². The Morgan fingerprint density at radius 1 is 1.20 bits per heavy atom. The first kappa shape index (κ1) is 17.6. The molecule has 2 atom stereocenters. The van der Waals surface area contributed by atoms with Crippen molar-refractivity contribution >= 4 is 6.29 Å². The van der Waals surface area contributed by atoms with Crippen LogP contribution in [-0.4, -0.2) is 56.2 Å². The second kappa shape index (κ2) is 11.2. The monoisotopic (exact) mass is 285 g/mol. The van der Waals surface area contributed by atoms with E-state index in [0.29, 0.717) is 18.6 Å². The minimum atomic E-state index is 0.400. The average molecular weight is 285 g/mol. The molecule has 0 amide bonds. The van der Waals surface area contributed by atoms with Crippen LogP contribution in [0.25, 0.3) is 0 Å². The van der Waals surface area contributed by atoms with Gasteiger partial charge in [-0.15, -0.1) is 0 Å². The van der Waals surface area contributed by atoms with E-state index in [1.54, 1.807) is 0 Å². The molecule has 0 radical (unpaired) electrons. The first-order valence-corrected chi connectivity index (χ1v) is 8.18. The van der Waals surface area contributed by atoms with E-state index in [1.165, 1.54) is 6.42 Å². The molecule has 0 N–H and O–H groups in total. The van der Waals surface area contributed by atoms with E-state index in [4.69, 9.17) is 9.47 Å². The summed E-state index contributed by atoms with van der Waals surface area (Å²) in [5.74, 6) is 0. The number of unbranched alkanes of at least 4 members (excludes halogenated alkanes) is 3. The molecule has 1 rings (SSSR count). The first-order chi connectivity index (χ1) is 9.81. The molecule has 1 fully saturated rings. The number of carbonyl (C=O) groups is 1. The van der Waals surface area contributed by atoms with Crippen molar-refractivity contribution in [3.63, 3.8) is 0 Å². The van der Waals surface area contributed by atoms with E-state index < -0.39 is 0 Å². The second-order valence-corrected chi connectivity index (χ2v) is 5.47. The van der Waals surface area contributed by atoms with Gasteiger partial charge in [0.15, 0.2) is 0 Å². The molecule has 1 aliphatic heterocycles. The quantitative estimate of drug-likeness (QED) is 0.432. The number of rotatable bonds is 11.